The van der Waals surface area contributed by atoms with E-state index in [0.29, 0.717) is 19.4 Å². The van der Waals surface area contributed by atoms with Gasteiger partial charge in [-0.2, -0.15) is 0 Å². The summed E-state index contributed by atoms with van der Waals surface area (Å²) in [6, 6.07) is 5.74. The summed E-state index contributed by atoms with van der Waals surface area (Å²) in [6.07, 6.45) is 0.318. The number of carbonyl (C=O) groups excluding carboxylic acids is 1. The summed E-state index contributed by atoms with van der Waals surface area (Å²) in [5, 5.41) is 10.0. The van der Waals surface area contributed by atoms with Crippen molar-refractivity contribution in [3.63, 3.8) is 0 Å². The van der Waals surface area contributed by atoms with Gasteiger partial charge in [-0.05, 0) is 43.0 Å². The molecule has 2 rings (SSSR count). The van der Waals surface area contributed by atoms with E-state index in [9.17, 15) is 9.90 Å². The third kappa shape index (κ3) is 2.48. The minimum absolute atomic E-state index is 0.313. The summed E-state index contributed by atoms with van der Waals surface area (Å²) in [6.45, 7) is 2.11. The lowest BCUT2D eigenvalue weighted by Gasteiger charge is -2.28. The SMILES string of the molecule is CCOC(=O)C1Cc2ccc(OC)cc2CC1O. The van der Waals surface area contributed by atoms with Crippen LogP contribution in [0.25, 0.3) is 0 Å². The van der Waals surface area contributed by atoms with Crippen LogP contribution in [0.1, 0.15) is 18.1 Å². The van der Waals surface area contributed by atoms with Crippen LogP contribution in [-0.2, 0) is 22.4 Å². The quantitative estimate of drug-likeness (QED) is 0.822. The zero-order valence-corrected chi connectivity index (χ0v) is 10.7. The third-order valence-corrected chi connectivity index (χ3v) is 3.34. The first-order chi connectivity index (χ1) is 8.65. The van der Waals surface area contributed by atoms with E-state index < -0.39 is 12.0 Å². The van der Waals surface area contributed by atoms with Crippen molar-refractivity contribution in [2.75, 3.05) is 13.7 Å². The lowest BCUT2D eigenvalue weighted by Crippen LogP contribution is -2.36. The van der Waals surface area contributed by atoms with Gasteiger partial charge in [0.25, 0.3) is 0 Å². The second kappa shape index (κ2) is 5.40. The molecular weight excluding hydrogens is 232 g/mol. The Labute approximate surface area is 107 Å². The number of hydrogen-bond donors (Lipinski definition) is 1. The monoisotopic (exact) mass is 250 g/mol. The van der Waals surface area contributed by atoms with E-state index in [2.05, 4.69) is 0 Å². The summed E-state index contributed by atoms with van der Waals surface area (Å²) >= 11 is 0. The molecule has 1 aromatic rings. The Balaban J connectivity index is 2.20. The van der Waals surface area contributed by atoms with E-state index in [4.69, 9.17) is 9.47 Å². The van der Waals surface area contributed by atoms with Crippen LogP contribution in [0.15, 0.2) is 18.2 Å². The molecule has 2 unspecified atom stereocenters. The van der Waals surface area contributed by atoms with E-state index in [0.717, 1.165) is 16.9 Å². The molecule has 0 amide bonds. The molecule has 0 saturated heterocycles. The Morgan fingerprint density at radius 1 is 1.39 bits per heavy atom. The van der Waals surface area contributed by atoms with Gasteiger partial charge in [0, 0.05) is 0 Å². The predicted molar refractivity (Wildman–Crippen MR) is 66.5 cm³/mol. The molecule has 18 heavy (non-hydrogen) atoms. The number of esters is 1. The summed E-state index contributed by atoms with van der Waals surface area (Å²) < 4.78 is 10.1. The second-order valence-electron chi connectivity index (χ2n) is 4.47. The van der Waals surface area contributed by atoms with E-state index in [1.807, 2.05) is 18.2 Å². The van der Waals surface area contributed by atoms with Gasteiger partial charge in [0.15, 0.2) is 0 Å². The lowest BCUT2D eigenvalue weighted by atomic mass is 9.81. The van der Waals surface area contributed by atoms with Gasteiger partial charge in [0.1, 0.15) is 5.75 Å². The van der Waals surface area contributed by atoms with Crippen molar-refractivity contribution in [1.29, 1.82) is 0 Å². The first-order valence-electron chi connectivity index (χ1n) is 6.16. The van der Waals surface area contributed by atoms with Gasteiger partial charge in [-0.1, -0.05) is 6.07 Å². The standard InChI is InChI=1S/C14H18O4/c1-3-18-14(16)12-7-9-4-5-11(17-2)6-10(9)8-13(12)15/h4-6,12-13,15H,3,7-8H2,1-2H3. The van der Waals surface area contributed by atoms with Crippen LogP contribution >= 0.6 is 0 Å². The van der Waals surface area contributed by atoms with Crippen molar-refractivity contribution in [3.05, 3.63) is 29.3 Å². The molecule has 0 heterocycles. The molecule has 4 heteroatoms. The smallest absolute Gasteiger partial charge is 0.311 e. The van der Waals surface area contributed by atoms with Crippen LogP contribution in [-0.4, -0.2) is 30.9 Å². The number of carbonyl (C=O) groups is 1. The van der Waals surface area contributed by atoms with Gasteiger partial charge in [-0.25, -0.2) is 0 Å². The maximum Gasteiger partial charge on any atom is 0.311 e. The van der Waals surface area contributed by atoms with Gasteiger partial charge in [-0.3, -0.25) is 4.79 Å². The van der Waals surface area contributed by atoms with Crippen molar-refractivity contribution >= 4 is 5.97 Å². The number of hydrogen-bond acceptors (Lipinski definition) is 4. The fourth-order valence-corrected chi connectivity index (χ4v) is 2.35. The van der Waals surface area contributed by atoms with Crippen LogP contribution < -0.4 is 4.74 Å². The molecule has 0 aliphatic heterocycles. The molecule has 0 fully saturated rings. The van der Waals surface area contributed by atoms with Gasteiger partial charge in [-0.15, -0.1) is 0 Å². The van der Waals surface area contributed by atoms with Crippen LogP contribution in [0, 0.1) is 5.92 Å². The molecule has 0 aromatic heterocycles. The topological polar surface area (TPSA) is 55.8 Å². The molecule has 1 aliphatic rings. The molecule has 4 nitrogen and oxygen atoms in total. The fourth-order valence-electron chi connectivity index (χ4n) is 2.35. The maximum atomic E-state index is 11.7. The minimum Gasteiger partial charge on any atom is -0.497 e. The molecule has 2 atom stereocenters. The number of methoxy groups -OCH3 is 1. The minimum atomic E-state index is -0.677. The van der Waals surface area contributed by atoms with E-state index in [-0.39, 0.29) is 5.97 Å². The summed E-state index contributed by atoms with van der Waals surface area (Å²) in [4.78, 5) is 11.7. The maximum absolute atomic E-state index is 11.7. The Kier molecular flexibility index (Phi) is 3.87. The van der Waals surface area contributed by atoms with Crippen LogP contribution in [0.4, 0.5) is 0 Å². The van der Waals surface area contributed by atoms with Gasteiger partial charge < -0.3 is 14.6 Å². The van der Waals surface area contributed by atoms with Crippen molar-refractivity contribution in [1.82, 2.24) is 0 Å². The molecule has 1 aliphatic carbocycles. The second-order valence-corrected chi connectivity index (χ2v) is 4.47. The molecule has 0 radical (unpaired) electrons. The first kappa shape index (κ1) is 12.9. The van der Waals surface area contributed by atoms with E-state index >= 15 is 0 Å². The molecule has 0 bridgehead atoms. The molecular formula is C14H18O4. The lowest BCUT2D eigenvalue weighted by molar-refractivity contribution is -0.152. The number of rotatable bonds is 3. The van der Waals surface area contributed by atoms with Gasteiger partial charge in [0.05, 0.1) is 25.7 Å². The predicted octanol–water partition coefficient (Wildman–Crippen LogP) is 1.33. The van der Waals surface area contributed by atoms with Crippen molar-refractivity contribution in [2.24, 2.45) is 5.92 Å². The number of fused-ring (bicyclic) bond motifs is 1. The highest BCUT2D eigenvalue weighted by Crippen LogP contribution is 2.29. The van der Waals surface area contributed by atoms with Crippen LogP contribution in [0.2, 0.25) is 0 Å². The summed E-state index contributed by atoms with van der Waals surface area (Å²) in [7, 11) is 1.61. The largest absolute Gasteiger partial charge is 0.497 e. The average molecular weight is 250 g/mol. The van der Waals surface area contributed by atoms with Gasteiger partial charge >= 0.3 is 5.97 Å². The zero-order valence-electron chi connectivity index (χ0n) is 10.7. The van der Waals surface area contributed by atoms with E-state index in [1.54, 1.807) is 14.0 Å². The normalized spacial score (nSPS) is 22.2. The third-order valence-electron chi connectivity index (χ3n) is 3.34. The Morgan fingerprint density at radius 2 is 2.17 bits per heavy atom. The molecule has 1 aromatic carbocycles. The highest BCUT2D eigenvalue weighted by Gasteiger charge is 2.33. The molecule has 1 N–H and O–H groups in total. The van der Waals surface area contributed by atoms with Gasteiger partial charge in [0.2, 0.25) is 0 Å². The first-order valence-corrected chi connectivity index (χ1v) is 6.16. The summed E-state index contributed by atoms with van der Waals surface area (Å²) in [5.74, 6) is 0.00727. The van der Waals surface area contributed by atoms with Crippen LogP contribution in [0.3, 0.4) is 0 Å². The van der Waals surface area contributed by atoms with Crippen molar-refractivity contribution in [3.8, 4) is 5.75 Å². The molecule has 0 spiro atoms. The Bertz CT molecular complexity index is 441. The number of benzene rings is 1. The highest BCUT2D eigenvalue weighted by molar-refractivity contribution is 5.74. The summed E-state index contributed by atoms with van der Waals surface area (Å²) in [5.41, 5.74) is 2.13. The van der Waals surface area contributed by atoms with Crippen LogP contribution in [0.5, 0.6) is 5.75 Å². The zero-order chi connectivity index (χ0) is 13.1. The Hall–Kier alpha value is -1.55. The number of aliphatic hydroxyl groups is 1. The fraction of sp³-hybridized carbons (Fsp3) is 0.500. The number of aliphatic hydroxyl groups excluding tert-OH is 1. The van der Waals surface area contributed by atoms with E-state index in [1.165, 1.54) is 0 Å². The highest BCUT2D eigenvalue weighted by atomic mass is 16.5. The molecule has 0 saturated carbocycles. The molecule has 98 valence electrons. The average Bonchev–Trinajstić information content (AvgIpc) is 2.37. The Morgan fingerprint density at radius 3 is 2.83 bits per heavy atom. The van der Waals surface area contributed by atoms with Crippen molar-refractivity contribution < 1.29 is 19.4 Å². The van der Waals surface area contributed by atoms with Crippen molar-refractivity contribution in [2.45, 2.75) is 25.9 Å². The number of ether oxygens (including phenoxy) is 2.